The van der Waals surface area contributed by atoms with Crippen LogP contribution in [0.3, 0.4) is 0 Å². The molecule has 3 aliphatic heterocycles. The van der Waals surface area contributed by atoms with E-state index in [9.17, 15) is 19.2 Å². The van der Waals surface area contributed by atoms with Crippen molar-refractivity contribution in [2.45, 2.75) is 98.4 Å². The number of carbonyl (C=O) groups is 4. The highest BCUT2D eigenvalue weighted by atomic mass is 16.5. The van der Waals surface area contributed by atoms with Gasteiger partial charge in [-0.2, -0.15) is 0 Å². The van der Waals surface area contributed by atoms with E-state index < -0.39 is 41.0 Å². The molecule has 3 N–H and O–H groups in total. The largest absolute Gasteiger partial charge is 0.455 e. The molecule has 5 bridgehead atoms. The van der Waals surface area contributed by atoms with Gasteiger partial charge in [-0.25, -0.2) is 10.2 Å². The van der Waals surface area contributed by atoms with Crippen LogP contribution in [0, 0.1) is 17.3 Å². The van der Waals surface area contributed by atoms with Gasteiger partial charge in [0.2, 0.25) is 11.8 Å². The molecule has 3 aliphatic rings. The number of aliphatic imine (C=N–C) groups is 1. The number of hydrogen-bond acceptors (Lipinski definition) is 7. The second-order valence-corrected chi connectivity index (χ2v) is 13.1. The molecule has 3 heterocycles. The molecule has 0 aromatic heterocycles. The maximum absolute atomic E-state index is 13.5. The molecular formula is C32H45N5O5. The van der Waals surface area contributed by atoms with Gasteiger partial charge in [0.05, 0.1) is 16.8 Å². The summed E-state index contributed by atoms with van der Waals surface area (Å²) < 4.78 is 5.97. The van der Waals surface area contributed by atoms with Gasteiger partial charge < -0.3 is 15.4 Å². The van der Waals surface area contributed by atoms with E-state index in [2.05, 4.69) is 23.0 Å². The second-order valence-electron chi connectivity index (χ2n) is 13.1. The summed E-state index contributed by atoms with van der Waals surface area (Å²) in [6.45, 7) is 14.9. The lowest BCUT2D eigenvalue weighted by Gasteiger charge is -2.41. The van der Waals surface area contributed by atoms with Crippen molar-refractivity contribution < 1.29 is 23.9 Å². The molecule has 1 unspecified atom stereocenters. The SMILES string of the molecule is CC1Cc2ccc3cc2N=C1[C@@H](C)OC(=O)[C@]1(C)CCCN(N1)C(=O)[C@H](C)NC(=O)[C@H](C(C)C)NC(=O)C(C)(C)/C=C/3. The van der Waals surface area contributed by atoms with Crippen LogP contribution in [-0.2, 0) is 30.3 Å². The number of esters is 1. The van der Waals surface area contributed by atoms with Crippen molar-refractivity contribution in [1.29, 1.82) is 0 Å². The number of nitrogens with zero attached hydrogens (tertiary/aromatic N) is 2. The van der Waals surface area contributed by atoms with Gasteiger partial charge in [0, 0.05) is 12.5 Å². The van der Waals surface area contributed by atoms with Crippen molar-refractivity contribution in [3.8, 4) is 0 Å². The molecule has 42 heavy (non-hydrogen) atoms. The fourth-order valence-corrected chi connectivity index (χ4v) is 5.64. The standard InChI is InChI=1S/C32H45N5O5/c1-18(2)25-27(38)33-20(4)28(39)37-15-9-13-32(8,36-37)30(41)42-21(5)26-19(3)16-23-11-10-22(17-24(23)34-26)12-14-31(6,7)29(40)35-25/h10-12,14,17-21,25,36H,9,13,15-16H2,1-8H3,(H,33,38)(H,35,40)/b14-12+/t19?,20-,21+,25-,32-/m0/s1. The van der Waals surface area contributed by atoms with Crippen LogP contribution in [0.25, 0.3) is 6.08 Å². The molecule has 228 valence electrons. The number of ether oxygens (including phenoxy) is 1. The van der Waals surface area contributed by atoms with Crippen LogP contribution in [0.1, 0.15) is 79.4 Å². The molecule has 4 rings (SSSR count). The van der Waals surface area contributed by atoms with Crippen molar-refractivity contribution in [1.82, 2.24) is 21.1 Å². The van der Waals surface area contributed by atoms with E-state index in [1.54, 1.807) is 27.7 Å². The lowest BCUT2D eigenvalue weighted by Crippen LogP contribution is -2.66. The Morgan fingerprint density at radius 1 is 1.05 bits per heavy atom. The number of nitrogens with one attached hydrogen (secondary N) is 3. The van der Waals surface area contributed by atoms with Crippen LogP contribution in [0.5, 0.6) is 0 Å². The van der Waals surface area contributed by atoms with Crippen LogP contribution >= 0.6 is 0 Å². The Labute approximate surface area is 248 Å². The molecule has 1 aromatic carbocycles. The minimum absolute atomic E-state index is 0.0782. The zero-order valence-corrected chi connectivity index (χ0v) is 26.0. The van der Waals surface area contributed by atoms with Crippen LogP contribution in [-0.4, -0.2) is 64.7 Å². The van der Waals surface area contributed by atoms with Crippen molar-refractivity contribution in [2.75, 3.05) is 6.54 Å². The Hall–Kier alpha value is -3.53. The Morgan fingerprint density at radius 2 is 1.76 bits per heavy atom. The van der Waals surface area contributed by atoms with Crippen LogP contribution in [0.2, 0.25) is 0 Å². The zero-order valence-electron chi connectivity index (χ0n) is 26.0. The van der Waals surface area contributed by atoms with E-state index >= 15 is 0 Å². The van der Waals surface area contributed by atoms with E-state index in [1.807, 2.05) is 51.1 Å². The van der Waals surface area contributed by atoms with Gasteiger partial charge in [-0.1, -0.05) is 45.1 Å². The summed E-state index contributed by atoms with van der Waals surface area (Å²) >= 11 is 0. The number of hydrazine groups is 1. The Morgan fingerprint density at radius 3 is 2.45 bits per heavy atom. The molecule has 10 nitrogen and oxygen atoms in total. The van der Waals surface area contributed by atoms with Crippen molar-refractivity contribution in [2.24, 2.45) is 22.2 Å². The average Bonchev–Trinajstić information content (AvgIpc) is 2.92. The quantitative estimate of drug-likeness (QED) is 0.437. The maximum Gasteiger partial charge on any atom is 0.328 e. The predicted octanol–water partition coefficient (Wildman–Crippen LogP) is 3.47. The number of carbonyl (C=O) groups excluding carboxylic acids is 4. The fourth-order valence-electron chi connectivity index (χ4n) is 5.64. The number of fused-ring (bicyclic) bond motifs is 3. The smallest absolute Gasteiger partial charge is 0.328 e. The number of hydrogen-bond donors (Lipinski definition) is 3. The first-order chi connectivity index (χ1) is 19.6. The molecule has 3 amide bonds. The van der Waals surface area contributed by atoms with E-state index in [1.165, 1.54) is 5.01 Å². The summed E-state index contributed by atoms with van der Waals surface area (Å²) in [5, 5.41) is 7.05. The monoisotopic (exact) mass is 579 g/mol. The first kappa shape index (κ1) is 31.4. The van der Waals surface area contributed by atoms with E-state index in [4.69, 9.17) is 9.73 Å². The number of benzene rings is 1. The molecule has 1 saturated heterocycles. The molecular weight excluding hydrogens is 534 g/mol. The first-order valence-corrected chi connectivity index (χ1v) is 14.9. The van der Waals surface area contributed by atoms with Gasteiger partial charge in [0.25, 0.3) is 5.91 Å². The highest BCUT2D eigenvalue weighted by Gasteiger charge is 2.43. The third kappa shape index (κ3) is 6.59. The van der Waals surface area contributed by atoms with Gasteiger partial charge in [0.1, 0.15) is 23.7 Å². The first-order valence-electron chi connectivity index (χ1n) is 14.9. The molecule has 5 atom stereocenters. The summed E-state index contributed by atoms with van der Waals surface area (Å²) in [5.41, 5.74) is 4.61. The van der Waals surface area contributed by atoms with Gasteiger partial charge in [0.15, 0.2) is 0 Å². The summed E-state index contributed by atoms with van der Waals surface area (Å²) in [6.07, 6.45) is 4.97. The molecule has 1 aromatic rings. The highest BCUT2D eigenvalue weighted by Crippen LogP contribution is 2.33. The van der Waals surface area contributed by atoms with Crippen LogP contribution in [0.15, 0.2) is 29.3 Å². The summed E-state index contributed by atoms with van der Waals surface area (Å²) in [7, 11) is 0. The van der Waals surface area contributed by atoms with Gasteiger partial charge >= 0.3 is 5.97 Å². The van der Waals surface area contributed by atoms with Gasteiger partial charge in [-0.05, 0) is 77.0 Å². The van der Waals surface area contributed by atoms with Gasteiger partial charge in [-0.15, -0.1) is 0 Å². The van der Waals surface area contributed by atoms with Crippen LogP contribution < -0.4 is 16.1 Å². The summed E-state index contributed by atoms with van der Waals surface area (Å²) in [6, 6.07) is 4.29. The third-order valence-corrected chi connectivity index (χ3v) is 8.49. The van der Waals surface area contributed by atoms with Crippen molar-refractivity contribution >= 4 is 41.2 Å². The third-order valence-electron chi connectivity index (χ3n) is 8.49. The Kier molecular flexibility index (Phi) is 8.97. The normalized spacial score (nSPS) is 31.5. The molecule has 1 fully saturated rings. The van der Waals surface area contributed by atoms with Crippen LogP contribution in [0.4, 0.5) is 5.69 Å². The Balaban J connectivity index is 1.73. The minimum atomic E-state index is -1.13. The van der Waals surface area contributed by atoms with Crippen molar-refractivity contribution in [3.05, 3.63) is 35.4 Å². The molecule has 0 radical (unpaired) electrons. The van der Waals surface area contributed by atoms with E-state index in [0.29, 0.717) is 19.4 Å². The highest BCUT2D eigenvalue weighted by molar-refractivity contribution is 5.97. The van der Waals surface area contributed by atoms with Gasteiger partial charge in [-0.3, -0.25) is 24.4 Å². The Bertz CT molecular complexity index is 1320. The second kappa shape index (κ2) is 12.0. The molecule has 0 aliphatic carbocycles. The minimum Gasteiger partial charge on any atom is -0.455 e. The fraction of sp³-hybridized carbons (Fsp3) is 0.594. The maximum atomic E-state index is 13.5. The van der Waals surface area contributed by atoms with E-state index in [0.717, 1.165) is 28.9 Å². The molecule has 10 heteroatoms. The van der Waals surface area contributed by atoms with E-state index in [-0.39, 0.29) is 23.7 Å². The zero-order chi connectivity index (χ0) is 31.0. The lowest BCUT2D eigenvalue weighted by molar-refractivity contribution is -0.161. The number of cyclic esters (lactones) is 1. The number of amides is 3. The lowest BCUT2D eigenvalue weighted by atomic mass is 9.88. The summed E-state index contributed by atoms with van der Waals surface area (Å²) in [4.78, 5) is 58.5. The van der Waals surface area contributed by atoms with Crippen molar-refractivity contribution in [3.63, 3.8) is 0 Å². The molecule has 0 saturated carbocycles. The molecule has 0 spiro atoms. The number of rotatable bonds is 1. The summed E-state index contributed by atoms with van der Waals surface area (Å²) in [5.74, 6) is -1.74. The topological polar surface area (TPSA) is 129 Å². The average molecular weight is 580 g/mol. The predicted molar refractivity (Wildman–Crippen MR) is 162 cm³/mol.